The molecular weight excluding hydrogens is 179 g/mol. The van der Waals surface area contributed by atoms with Crippen LogP contribution in [0.25, 0.3) is 6.08 Å². The van der Waals surface area contributed by atoms with Crippen molar-refractivity contribution >= 4 is 13.0 Å². The summed E-state index contributed by atoms with van der Waals surface area (Å²) >= 11 is 0. The topological polar surface area (TPSA) is 49.7 Å². The summed E-state index contributed by atoms with van der Waals surface area (Å²) in [6.45, 7) is 1.18. The maximum absolute atomic E-state index is 9.44. The highest BCUT2D eigenvalue weighted by Gasteiger charge is 2.00. The lowest BCUT2D eigenvalue weighted by Gasteiger charge is -2.03. The van der Waals surface area contributed by atoms with Gasteiger partial charge in [0.1, 0.15) is 0 Å². The number of methoxy groups -OCH3 is 1. The highest BCUT2D eigenvalue weighted by atomic mass is 16.5. The van der Waals surface area contributed by atoms with Gasteiger partial charge in [-0.15, -0.1) is 0 Å². The van der Waals surface area contributed by atoms with Crippen LogP contribution in [-0.2, 0) is 0 Å². The van der Waals surface area contributed by atoms with Crippen LogP contribution in [0.4, 0.5) is 0 Å². The van der Waals surface area contributed by atoms with Gasteiger partial charge in [0.05, 0.1) is 7.11 Å². The Morgan fingerprint density at radius 3 is 2.64 bits per heavy atom. The van der Waals surface area contributed by atoms with Gasteiger partial charge in [-0.05, 0) is 17.7 Å². The quantitative estimate of drug-likeness (QED) is 0.714. The molecule has 0 amide bonds. The molecule has 1 aromatic carbocycles. The van der Waals surface area contributed by atoms with Crippen LogP contribution in [0.3, 0.4) is 0 Å². The fourth-order valence-electron chi connectivity index (χ4n) is 1.06. The van der Waals surface area contributed by atoms with Crippen molar-refractivity contribution in [2.24, 2.45) is 0 Å². The number of benzene rings is 1. The number of aromatic hydroxyl groups is 1. The molecular formula is C10H13BO3. The van der Waals surface area contributed by atoms with Crippen LogP contribution < -0.4 is 4.74 Å². The molecule has 0 saturated carbocycles. The van der Waals surface area contributed by atoms with Crippen molar-refractivity contribution < 1.29 is 14.9 Å². The van der Waals surface area contributed by atoms with E-state index < -0.39 is 6.92 Å². The van der Waals surface area contributed by atoms with Crippen molar-refractivity contribution in [3.05, 3.63) is 29.7 Å². The van der Waals surface area contributed by atoms with Gasteiger partial charge in [0.2, 0.25) is 0 Å². The van der Waals surface area contributed by atoms with Gasteiger partial charge in [0.15, 0.2) is 11.5 Å². The molecule has 1 rings (SSSR count). The first-order chi connectivity index (χ1) is 6.63. The van der Waals surface area contributed by atoms with E-state index >= 15 is 0 Å². The van der Waals surface area contributed by atoms with E-state index in [0.717, 1.165) is 5.56 Å². The molecule has 3 nitrogen and oxygen atoms in total. The maximum Gasteiger partial charge on any atom is 0.312 e. The Morgan fingerprint density at radius 1 is 1.43 bits per heavy atom. The Labute approximate surface area is 83.8 Å². The van der Waals surface area contributed by atoms with E-state index in [-0.39, 0.29) is 5.75 Å². The summed E-state index contributed by atoms with van der Waals surface area (Å²) in [6, 6.07) is 5.06. The Morgan fingerprint density at radius 2 is 2.14 bits per heavy atom. The predicted octanol–water partition coefficient (Wildman–Crippen LogP) is 1.57. The first-order valence-electron chi connectivity index (χ1n) is 4.36. The van der Waals surface area contributed by atoms with Gasteiger partial charge >= 0.3 is 6.92 Å². The third-order valence-corrected chi connectivity index (χ3v) is 1.77. The smallest absolute Gasteiger partial charge is 0.312 e. The third-order valence-electron chi connectivity index (χ3n) is 1.77. The van der Waals surface area contributed by atoms with Crippen LogP contribution in [0.2, 0.25) is 6.82 Å². The van der Waals surface area contributed by atoms with Gasteiger partial charge in [-0.1, -0.05) is 24.9 Å². The van der Waals surface area contributed by atoms with Crippen LogP contribution in [0.15, 0.2) is 24.2 Å². The molecule has 0 unspecified atom stereocenters. The molecule has 74 valence electrons. The highest BCUT2D eigenvalue weighted by Crippen LogP contribution is 2.26. The van der Waals surface area contributed by atoms with Gasteiger partial charge in [-0.3, -0.25) is 0 Å². The second-order valence-electron chi connectivity index (χ2n) is 3.03. The molecule has 0 aliphatic heterocycles. The molecule has 14 heavy (non-hydrogen) atoms. The van der Waals surface area contributed by atoms with Crippen LogP contribution in [-0.4, -0.2) is 24.2 Å². The van der Waals surface area contributed by atoms with E-state index in [2.05, 4.69) is 0 Å². The molecule has 0 aromatic heterocycles. The lowest BCUT2D eigenvalue weighted by molar-refractivity contribution is 0.373. The molecule has 0 radical (unpaired) electrons. The van der Waals surface area contributed by atoms with Crippen LogP contribution in [0.5, 0.6) is 11.5 Å². The zero-order valence-corrected chi connectivity index (χ0v) is 8.27. The number of hydrogen-bond donors (Lipinski definition) is 2. The molecule has 0 bridgehead atoms. The SMILES string of the molecule is COc1ccc(/C=C/B(C)O)cc1O. The fraction of sp³-hybridized carbons (Fsp3) is 0.200. The largest absolute Gasteiger partial charge is 0.504 e. The van der Waals surface area contributed by atoms with Gasteiger partial charge in [-0.25, -0.2) is 0 Å². The second-order valence-corrected chi connectivity index (χ2v) is 3.03. The van der Waals surface area contributed by atoms with Crippen molar-refractivity contribution in [1.29, 1.82) is 0 Å². The molecule has 0 fully saturated rings. The van der Waals surface area contributed by atoms with Crippen molar-refractivity contribution in [3.8, 4) is 11.5 Å². The van der Waals surface area contributed by atoms with E-state index in [1.165, 1.54) is 7.11 Å². The lowest BCUT2D eigenvalue weighted by atomic mass is 9.72. The minimum absolute atomic E-state index is 0.0974. The standard InChI is InChI=1S/C10H13BO3/c1-11(13)6-5-8-3-4-10(14-2)9(12)7-8/h3-7,12-13H,1-2H3/b6-5+. The van der Waals surface area contributed by atoms with Crippen molar-refractivity contribution in [1.82, 2.24) is 0 Å². The molecule has 4 heteroatoms. The number of phenols is 1. The van der Waals surface area contributed by atoms with Crippen LogP contribution in [0, 0.1) is 0 Å². The summed E-state index contributed by atoms with van der Waals surface area (Å²) in [7, 11) is 1.50. The summed E-state index contributed by atoms with van der Waals surface area (Å²) in [5.41, 5.74) is 0.823. The predicted molar refractivity (Wildman–Crippen MR) is 57.5 cm³/mol. The average Bonchev–Trinajstić information content (AvgIpc) is 2.15. The highest BCUT2D eigenvalue weighted by molar-refractivity contribution is 6.55. The first kappa shape index (κ1) is 10.7. The maximum atomic E-state index is 9.44. The summed E-state index contributed by atoms with van der Waals surface area (Å²) in [6.07, 6.45) is 1.74. The average molecular weight is 192 g/mol. The Bertz CT molecular complexity index is 334. The molecule has 0 atom stereocenters. The summed E-state index contributed by atoms with van der Waals surface area (Å²) < 4.78 is 4.90. The number of ether oxygens (including phenoxy) is 1. The third kappa shape index (κ3) is 2.82. The van der Waals surface area contributed by atoms with Gasteiger partial charge in [0.25, 0.3) is 0 Å². The summed E-state index contributed by atoms with van der Waals surface area (Å²) in [4.78, 5) is 0. The Hall–Kier alpha value is -1.42. The molecule has 0 heterocycles. The molecule has 0 aliphatic rings. The molecule has 0 saturated heterocycles. The molecule has 1 aromatic rings. The zero-order chi connectivity index (χ0) is 10.6. The Kier molecular flexibility index (Phi) is 3.59. The molecule has 0 spiro atoms. The summed E-state index contributed by atoms with van der Waals surface area (Å²) in [5, 5.41) is 18.4. The minimum Gasteiger partial charge on any atom is -0.504 e. The second kappa shape index (κ2) is 4.72. The van der Waals surface area contributed by atoms with Crippen LogP contribution >= 0.6 is 0 Å². The van der Waals surface area contributed by atoms with Crippen molar-refractivity contribution in [2.45, 2.75) is 6.82 Å². The van der Waals surface area contributed by atoms with Gasteiger partial charge in [0, 0.05) is 0 Å². The van der Waals surface area contributed by atoms with Crippen molar-refractivity contribution in [3.63, 3.8) is 0 Å². The summed E-state index contributed by atoms with van der Waals surface area (Å²) in [5.74, 6) is 2.18. The van der Waals surface area contributed by atoms with Crippen molar-refractivity contribution in [2.75, 3.05) is 7.11 Å². The van der Waals surface area contributed by atoms with E-state index in [1.807, 2.05) is 0 Å². The normalized spacial score (nSPS) is 10.5. The lowest BCUT2D eigenvalue weighted by Crippen LogP contribution is -1.98. The van der Waals surface area contributed by atoms with E-state index in [1.54, 1.807) is 37.1 Å². The number of hydrogen-bond acceptors (Lipinski definition) is 3. The molecule has 0 aliphatic carbocycles. The van der Waals surface area contributed by atoms with Gasteiger partial charge < -0.3 is 14.9 Å². The van der Waals surface area contributed by atoms with E-state index in [4.69, 9.17) is 9.76 Å². The minimum atomic E-state index is -0.487. The fourth-order valence-corrected chi connectivity index (χ4v) is 1.06. The monoisotopic (exact) mass is 192 g/mol. The van der Waals surface area contributed by atoms with E-state index in [0.29, 0.717) is 5.75 Å². The Balaban J connectivity index is 2.86. The zero-order valence-electron chi connectivity index (χ0n) is 8.27. The molecule has 2 N–H and O–H groups in total. The number of phenolic OH excluding ortho intramolecular Hbond substituents is 1. The number of rotatable bonds is 3. The van der Waals surface area contributed by atoms with Crippen LogP contribution in [0.1, 0.15) is 5.56 Å². The first-order valence-corrected chi connectivity index (χ1v) is 4.36. The van der Waals surface area contributed by atoms with Gasteiger partial charge in [-0.2, -0.15) is 0 Å². The van der Waals surface area contributed by atoms with E-state index in [9.17, 15) is 5.11 Å².